The van der Waals surface area contributed by atoms with Gasteiger partial charge in [-0.05, 0) is 72.9 Å². The lowest BCUT2D eigenvalue weighted by atomic mass is 9.96. The molecule has 0 radical (unpaired) electrons. The molecule has 0 unspecified atom stereocenters. The van der Waals surface area contributed by atoms with Gasteiger partial charge in [0.1, 0.15) is 12.4 Å². The maximum atomic E-state index is 14.4. The predicted molar refractivity (Wildman–Crippen MR) is 113 cm³/mol. The van der Waals surface area contributed by atoms with Gasteiger partial charge in [0.15, 0.2) is 0 Å². The van der Waals surface area contributed by atoms with Crippen molar-refractivity contribution in [2.24, 2.45) is 17.3 Å². The fourth-order valence-electron chi connectivity index (χ4n) is 3.64. The summed E-state index contributed by atoms with van der Waals surface area (Å²) in [6.07, 6.45) is 1.97. The van der Waals surface area contributed by atoms with Crippen molar-refractivity contribution < 1.29 is 13.9 Å². The molecule has 0 saturated heterocycles. The zero-order chi connectivity index (χ0) is 19.8. The molecule has 0 aromatic heterocycles. The van der Waals surface area contributed by atoms with Crippen LogP contribution in [0, 0.1) is 30.0 Å². The van der Waals surface area contributed by atoms with Gasteiger partial charge in [-0.2, -0.15) is 0 Å². The topological polar surface area (TPSA) is 26.3 Å². The number of carbonyl (C=O) groups is 1. The standard InChI is InChI=1S/C22H21Br2FO2/c1-13-15(14-7-5-4-6-8-14)9-10-18(25)16(13)12-27-21(26)20-17(11-19(23)24)22(20,2)3/h4-11,17,20H,12H2,1-3H3/t17-,20-/m0/s1. The van der Waals surface area contributed by atoms with Gasteiger partial charge in [0, 0.05) is 5.56 Å². The monoisotopic (exact) mass is 494 g/mol. The molecule has 0 N–H and O–H groups in total. The van der Waals surface area contributed by atoms with Crippen LogP contribution in [0.5, 0.6) is 0 Å². The number of allylic oxidation sites excluding steroid dienone is 1. The summed E-state index contributed by atoms with van der Waals surface area (Å²) in [5.41, 5.74) is 3.02. The number of hydrogen-bond acceptors (Lipinski definition) is 2. The number of halogens is 3. The van der Waals surface area contributed by atoms with Crippen LogP contribution in [0.3, 0.4) is 0 Å². The minimum Gasteiger partial charge on any atom is -0.460 e. The molecule has 2 aromatic carbocycles. The molecule has 0 spiro atoms. The van der Waals surface area contributed by atoms with Gasteiger partial charge in [-0.1, -0.05) is 56.3 Å². The van der Waals surface area contributed by atoms with E-state index in [1.807, 2.05) is 57.2 Å². The van der Waals surface area contributed by atoms with Crippen LogP contribution in [0.2, 0.25) is 0 Å². The van der Waals surface area contributed by atoms with Crippen molar-refractivity contribution in [3.05, 3.63) is 68.9 Å². The second kappa shape index (κ2) is 7.88. The van der Waals surface area contributed by atoms with Crippen molar-refractivity contribution in [3.8, 4) is 11.1 Å². The smallest absolute Gasteiger partial charge is 0.310 e. The highest BCUT2D eigenvalue weighted by Gasteiger charge is 2.61. The Morgan fingerprint density at radius 2 is 1.85 bits per heavy atom. The third-order valence-corrected chi connectivity index (χ3v) is 5.98. The maximum absolute atomic E-state index is 14.4. The molecule has 1 aliphatic carbocycles. The van der Waals surface area contributed by atoms with E-state index in [4.69, 9.17) is 4.74 Å². The van der Waals surface area contributed by atoms with Gasteiger partial charge in [-0.25, -0.2) is 4.39 Å². The minimum atomic E-state index is -0.352. The van der Waals surface area contributed by atoms with Gasteiger partial charge in [0.2, 0.25) is 0 Å². The first-order chi connectivity index (χ1) is 12.7. The van der Waals surface area contributed by atoms with Crippen LogP contribution in [0.1, 0.15) is 25.0 Å². The van der Waals surface area contributed by atoms with E-state index in [0.717, 1.165) is 20.1 Å². The second-order valence-corrected chi connectivity index (χ2v) is 10.2. The minimum absolute atomic E-state index is 0.0599. The van der Waals surface area contributed by atoms with E-state index >= 15 is 0 Å². The Labute approximate surface area is 176 Å². The Morgan fingerprint density at radius 3 is 2.48 bits per heavy atom. The quantitative estimate of drug-likeness (QED) is 0.429. The van der Waals surface area contributed by atoms with E-state index in [0.29, 0.717) is 5.56 Å². The van der Waals surface area contributed by atoms with Crippen molar-refractivity contribution in [2.45, 2.75) is 27.4 Å². The third kappa shape index (κ3) is 4.19. The summed E-state index contributed by atoms with van der Waals surface area (Å²) < 4.78 is 20.7. The van der Waals surface area contributed by atoms with Crippen molar-refractivity contribution in [3.63, 3.8) is 0 Å². The van der Waals surface area contributed by atoms with Crippen molar-refractivity contribution >= 4 is 37.8 Å². The molecule has 1 fully saturated rings. The Hall–Kier alpha value is -1.46. The van der Waals surface area contributed by atoms with E-state index in [9.17, 15) is 9.18 Å². The first-order valence-electron chi connectivity index (χ1n) is 8.76. The zero-order valence-electron chi connectivity index (χ0n) is 15.4. The van der Waals surface area contributed by atoms with E-state index in [1.165, 1.54) is 6.07 Å². The summed E-state index contributed by atoms with van der Waals surface area (Å²) in [6.45, 7) is 5.87. The van der Waals surface area contributed by atoms with E-state index in [1.54, 1.807) is 6.07 Å². The van der Waals surface area contributed by atoms with Gasteiger partial charge >= 0.3 is 5.97 Å². The molecular formula is C22H21Br2FO2. The summed E-state index contributed by atoms with van der Waals surface area (Å²) in [5.74, 6) is -0.760. The average Bonchev–Trinajstić information content (AvgIpc) is 3.14. The van der Waals surface area contributed by atoms with Crippen molar-refractivity contribution in [2.75, 3.05) is 0 Å². The van der Waals surface area contributed by atoms with Crippen LogP contribution in [-0.2, 0) is 16.1 Å². The van der Waals surface area contributed by atoms with Gasteiger partial charge in [-0.3, -0.25) is 4.79 Å². The number of esters is 1. The first kappa shape index (κ1) is 20.3. The number of carbonyl (C=O) groups excluding carboxylic acids is 1. The van der Waals surface area contributed by atoms with Crippen LogP contribution >= 0.6 is 31.9 Å². The highest BCUT2D eigenvalue weighted by molar-refractivity contribution is 9.28. The molecule has 2 atom stereocenters. The van der Waals surface area contributed by atoms with Crippen LogP contribution in [0.15, 0.2) is 51.9 Å². The molecule has 2 nitrogen and oxygen atoms in total. The molecular weight excluding hydrogens is 475 g/mol. The lowest BCUT2D eigenvalue weighted by molar-refractivity contribution is -0.147. The fourth-order valence-corrected chi connectivity index (χ4v) is 4.21. The van der Waals surface area contributed by atoms with Crippen LogP contribution in [-0.4, -0.2) is 5.97 Å². The summed E-state index contributed by atoms with van der Waals surface area (Å²) >= 11 is 6.69. The zero-order valence-corrected chi connectivity index (χ0v) is 18.6. The second-order valence-electron chi connectivity index (χ2n) is 7.45. The molecule has 0 aliphatic heterocycles. The van der Waals surface area contributed by atoms with Gasteiger partial charge in [0.05, 0.1) is 9.31 Å². The largest absolute Gasteiger partial charge is 0.460 e. The van der Waals surface area contributed by atoms with Crippen molar-refractivity contribution in [1.82, 2.24) is 0 Å². The predicted octanol–water partition coefficient (Wildman–Crippen LogP) is 6.75. The van der Waals surface area contributed by atoms with Crippen LogP contribution in [0.4, 0.5) is 4.39 Å². The number of hydrogen-bond donors (Lipinski definition) is 0. The lowest BCUT2D eigenvalue weighted by Crippen LogP contribution is -2.12. The molecule has 27 heavy (non-hydrogen) atoms. The first-order valence-corrected chi connectivity index (χ1v) is 10.3. The Bertz CT molecular complexity index is 887. The number of rotatable bonds is 5. The molecule has 1 aliphatic rings. The fraction of sp³-hybridized carbons (Fsp3) is 0.318. The number of benzene rings is 2. The number of ether oxygens (including phenoxy) is 1. The lowest BCUT2D eigenvalue weighted by Gasteiger charge is -2.13. The van der Waals surface area contributed by atoms with E-state index < -0.39 is 0 Å². The SMILES string of the molecule is Cc1c(-c2ccccc2)ccc(F)c1COC(=O)[C@@H]1[C@H](C=C(Br)Br)C1(C)C. The Balaban J connectivity index is 1.77. The van der Waals surface area contributed by atoms with E-state index in [2.05, 4.69) is 31.9 Å². The molecule has 1 saturated carbocycles. The molecule has 3 rings (SSSR count). The summed E-state index contributed by atoms with van der Waals surface area (Å²) in [5, 5.41) is 0. The summed E-state index contributed by atoms with van der Waals surface area (Å²) in [7, 11) is 0. The van der Waals surface area contributed by atoms with Crippen molar-refractivity contribution in [1.29, 1.82) is 0 Å². The summed E-state index contributed by atoms with van der Waals surface area (Å²) in [4.78, 5) is 12.6. The van der Waals surface area contributed by atoms with E-state index in [-0.39, 0.29) is 35.6 Å². The Morgan fingerprint density at radius 1 is 1.19 bits per heavy atom. The summed E-state index contributed by atoms with van der Waals surface area (Å²) in [6, 6.07) is 13.0. The highest BCUT2D eigenvalue weighted by atomic mass is 79.9. The molecule has 142 valence electrons. The van der Waals surface area contributed by atoms with Crippen LogP contribution < -0.4 is 0 Å². The molecule has 0 bridgehead atoms. The highest BCUT2D eigenvalue weighted by Crippen LogP contribution is 2.60. The molecule has 2 aromatic rings. The molecule has 0 heterocycles. The van der Waals surface area contributed by atoms with Gasteiger partial charge < -0.3 is 4.74 Å². The normalized spacial score (nSPS) is 20.1. The van der Waals surface area contributed by atoms with Gasteiger partial charge in [0.25, 0.3) is 0 Å². The Kier molecular flexibility index (Phi) is 5.92. The van der Waals surface area contributed by atoms with Gasteiger partial charge in [-0.15, -0.1) is 0 Å². The maximum Gasteiger partial charge on any atom is 0.310 e. The molecule has 5 heteroatoms. The third-order valence-electron chi connectivity index (χ3n) is 5.46. The molecule has 0 amide bonds. The van der Waals surface area contributed by atoms with Crippen LogP contribution in [0.25, 0.3) is 11.1 Å². The average molecular weight is 496 g/mol.